The van der Waals surface area contributed by atoms with Gasteiger partial charge in [-0.05, 0) is 12.7 Å². The summed E-state index contributed by atoms with van der Waals surface area (Å²) in [6.07, 6.45) is -2.78. The van der Waals surface area contributed by atoms with Crippen LogP contribution in [0, 0.1) is 0 Å². The molecule has 0 fully saturated rings. The molecule has 1 heterocycles. The van der Waals surface area contributed by atoms with E-state index in [2.05, 4.69) is 9.97 Å². The highest BCUT2D eigenvalue weighted by Crippen LogP contribution is 2.25. The Hall–Kier alpha value is -1.31. The number of thioether (sulfide) groups is 1. The molecule has 0 aliphatic carbocycles. The first-order valence-electron chi connectivity index (χ1n) is 6.01. The Morgan fingerprint density at radius 3 is 2.40 bits per heavy atom. The molecular formula is C12H16F3N3OS. The molecule has 0 N–H and O–H groups in total. The molecule has 0 aliphatic rings. The summed E-state index contributed by atoms with van der Waals surface area (Å²) in [5.41, 5.74) is 0.0499. The van der Waals surface area contributed by atoms with Crippen molar-refractivity contribution in [2.24, 2.45) is 0 Å². The highest BCUT2D eigenvalue weighted by atomic mass is 32.2. The molecule has 4 nitrogen and oxygen atoms in total. The van der Waals surface area contributed by atoms with Crippen molar-refractivity contribution in [2.75, 3.05) is 18.6 Å². The number of halogens is 3. The predicted molar refractivity (Wildman–Crippen MR) is 71.6 cm³/mol. The summed E-state index contributed by atoms with van der Waals surface area (Å²) < 4.78 is 37.0. The Morgan fingerprint density at radius 1 is 1.40 bits per heavy atom. The number of hydrogen-bond donors (Lipinski definition) is 0. The summed E-state index contributed by atoms with van der Waals surface area (Å²) in [6, 6.07) is -0.0188. The lowest BCUT2D eigenvalue weighted by Gasteiger charge is -2.24. The molecule has 0 spiro atoms. The van der Waals surface area contributed by atoms with Crippen LogP contribution in [0.15, 0.2) is 12.4 Å². The molecule has 1 amide bonds. The van der Waals surface area contributed by atoms with E-state index in [0.717, 1.165) is 23.9 Å². The molecule has 112 valence electrons. The average Bonchev–Trinajstić information content (AvgIpc) is 2.42. The van der Waals surface area contributed by atoms with Gasteiger partial charge >= 0.3 is 6.18 Å². The van der Waals surface area contributed by atoms with Gasteiger partial charge in [0.15, 0.2) is 0 Å². The van der Waals surface area contributed by atoms with Crippen molar-refractivity contribution in [3.63, 3.8) is 0 Å². The third kappa shape index (κ3) is 4.36. The second kappa shape index (κ2) is 6.92. The summed E-state index contributed by atoms with van der Waals surface area (Å²) in [4.78, 5) is 19.9. The zero-order valence-electron chi connectivity index (χ0n) is 11.4. The van der Waals surface area contributed by atoms with Gasteiger partial charge in [0.25, 0.3) is 5.91 Å². The lowest BCUT2D eigenvalue weighted by molar-refractivity contribution is -0.145. The smallest absolute Gasteiger partial charge is 0.338 e. The van der Waals surface area contributed by atoms with E-state index >= 15 is 0 Å². The molecule has 0 saturated heterocycles. The molecule has 20 heavy (non-hydrogen) atoms. The van der Waals surface area contributed by atoms with Gasteiger partial charge in [-0.3, -0.25) is 4.79 Å². The van der Waals surface area contributed by atoms with E-state index in [0.29, 0.717) is 0 Å². The van der Waals surface area contributed by atoms with Crippen LogP contribution in [0.3, 0.4) is 0 Å². The fourth-order valence-corrected chi connectivity index (χ4v) is 2.19. The maximum atomic E-state index is 12.3. The van der Waals surface area contributed by atoms with Crippen LogP contribution in [0.5, 0.6) is 0 Å². The summed E-state index contributed by atoms with van der Waals surface area (Å²) in [6.45, 7) is 3.90. The minimum Gasteiger partial charge on any atom is -0.338 e. The average molecular weight is 307 g/mol. The fraction of sp³-hybridized carbons (Fsp3) is 0.583. The topological polar surface area (TPSA) is 46.1 Å². The molecule has 8 heteroatoms. The van der Waals surface area contributed by atoms with Crippen LogP contribution < -0.4 is 0 Å². The normalized spacial score (nSPS) is 13.1. The Kier molecular flexibility index (Phi) is 5.79. The van der Waals surface area contributed by atoms with Crippen LogP contribution in [0.1, 0.15) is 30.0 Å². The third-order valence-electron chi connectivity index (χ3n) is 2.70. The molecule has 0 radical (unpaired) electrons. The molecule has 0 unspecified atom stereocenters. The first-order valence-corrected chi connectivity index (χ1v) is 7.17. The number of aromatic nitrogens is 2. The van der Waals surface area contributed by atoms with Crippen LogP contribution in [-0.4, -0.2) is 45.4 Å². The molecule has 0 saturated carbocycles. The molecular weight excluding hydrogens is 291 g/mol. The van der Waals surface area contributed by atoms with Crippen molar-refractivity contribution in [1.29, 1.82) is 0 Å². The number of amides is 1. The Labute approximate surface area is 119 Å². The molecule has 0 aliphatic heterocycles. The first-order chi connectivity index (χ1) is 9.27. The molecule has 1 atom stereocenters. The van der Waals surface area contributed by atoms with Crippen molar-refractivity contribution in [3.8, 4) is 0 Å². The Balaban J connectivity index is 2.77. The first kappa shape index (κ1) is 16.7. The van der Waals surface area contributed by atoms with E-state index in [1.165, 1.54) is 4.90 Å². The largest absolute Gasteiger partial charge is 0.451 e. The standard InChI is InChI=1S/C12H16F3N3OS/c1-4-20-7-8(2)18(3)10(19)9-5-16-11(17-6-9)12(13,14)15/h5-6,8H,4,7H2,1-3H3/t8-/m1/s1. The van der Waals surface area contributed by atoms with E-state index in [-0.39, 0.29) is 17.5 Å². The number of rotatable bonds is 5. The van der Waals surface area contributed by atoms with Crippen molar-refractivity contribution in [1.82, 2.24) is 14.9 Å². The Bertz CT molecular complexity index is 450. The second-order valence-corrected chi connectivity index (χ2v) is 5.54. The predicted octanol–water partition coefficient (Wildman–Crippen LogP) is 2.71. The zero-order valence-corrected chi connectivity index (χ0v) is 12.3. The van der Waals surface area contributed by atoms with E-state index in [9.17, 15) is 18.0 Å². The molecule has 0 aromatic carbocycles. The van der Waals surface area contributed by atoms with Crippen molar-refractivity contribution in [2.45, 2.75) is 26.1 Å². The van der Waals surface area contributed by atoms with Gasteiger partial charge < -0.3 is 4.90 Å². The Morgan fingerprint density at radius 2 is 1.95 bits per heavy atom. The van der Waals surface area contributed by atoms with E-state index in [4.69, 9.17) is 0 Å². The quantitative estimate of drug-likeness (QED) is 0.839. The zero-order chi connectivity index (χ0) is 15.3. The SMILES string of the molecule is CCSC[C@@H](C)N(C)C(=O)c1cnc(C(F)(F)F)nc1. The number of hydrogen-bond acceptors (Lipinski definition) is 4. The van der Waals surface area contributed by atoms with Gasteiger partial charge in [-0.2, -0.15) is 24.9 Å². The monoisotopic (exact) mass is 307 g/mol. The summed E-state index contributed by atoms with van der Waals surface area (Å²) >= 11 is 1.69. The molecule has 0 bridgehead atoms. The lowest BCUT2D eigenvalue weighted by Crippen LogP contribution is -2.36. The molecule has 1 aromatic rings. The van der Waals surface area contributed by atoms with E-state index in [1.54, 1.807) is 18.8 Å². The van der Waals surface area contributed by atoms with Crippen LogP contribution >= 0.6 is 11.8 Å². The molecule has 1 aromatic heterocycles. The fourth-order valence-electron chi connectivity index (χ4n) is 1.39. The van der Waals surface area contributed by atoms with Crippen molar-refractivity contribution in [3.05, 3.63) is 23.8 Å². The van der Waals surface area contributed by atoms with Gasteiger partial charge in [-0.1, -0.05) is 6.92 Å². The summed E-state index contributed by atoms with van der Waals surface area (Å²) in [5.74, 6) is 0.0740. The number of carbonyl (C=O) groups is 1. The van der Waals surface area contributed by atoms with Gasteiger partial charge in [-0.15, -0.1) is 0 Å². The van der Waals surface area contributed by atoms with Crippen LogP contribution in [0.4, 0.5) is 13.2 Å². The minimum atomic E-state index is -4.60. The van der Waals surface area contributed by atoms with Crippen molar-refractivity contribution >= 4 is 17.7 Å². The van der Waals surface area contributed by atoms with Crippen LogP contribution in [-0.2, 0) is 6.18 Å². The maximum Gasteiger partial charge on any atom is 0.451 e. The van der Waals surface area contributed by atoms with E-state index in [1.807, 2.05) is 13.8 Å². The van der Waals surface area contributed by atoms with E-state index < -0.39 is 12.0 Å². The van der Waals surface area contributed by atoms with Gasteiger partial charge in [-0.25, -0.2) is 9.97 Å². The number of carbonyl (C=O) groups excluding carboxylic acids is 1. The summed E-state index contributed by atoms with van der Waals surface area (Å²) in [7, 11) is 1.61. The van der Waals surface area contributed by atoms with Crippen LogP contribution in [0.25, 0.3) is 0 Å². The number of nitrogens with zero attached hydrogens (tertiary/aromatic N) is 3. The summed E-state index contributed by atoms with van der Waals surface area (Å²) in [5, 5.41) is 0. The van der Waals surface area contributed by atoms with Crippen LogP contribution in [0.2, 0.25) is 0 Å². The lowest BCUT2D eigenvalue weighted by atomic mass is 10.2. The van der Waals surface area contributed by atoms with Gasteiger partial charge in [0, 0.05) is 31.2 Å². The van der Waals surface area contributed by atoms with Crippen molar-refractivity contribution < 1.29 is 18.0 Å². The van der Waals surface area contributed by atoms with Gasteiger partial charge in [0.1, 0.15) is 0 Å². The molecule has 1 rings (SSSR count). The van der Waals surface area contributed by atoms with Gasteiger partial charge in [0.05, 0.1) is 5.56 Å². The highest BCUT2D eigenvalue weighted by Gasteiger charge is 2.34. The number of alkyl halides is 3. The minimum absolute atomic E-state index is 0.0188. The maximum absolute atomic E-state index is 12.3. The highest BCUT2D eigenvalue weighted by molar-refractivity contribution is 7.99. The third-order valence-corrected chi connectivity index (χ3v) is 3.82. The van der Waals surface area contributed by atoms with Gasteiger partial charge in [0.2, 0.25) is 5.82 Å². The second-order valence-electron chi connectivity index (χ2n) is 4.22.